The summed E-state index contributed by atoms with van der Waals surface area (Å²) in [6, 6.07) is 11.9. The summed E-state index contributed by atoms with van der Waals surface area (Å²) in [6.45, 7) is 1.83. The van der Waals surface area contributed by atoms with Crippen LogP contribution in [0.15, 0.2) is 48.9 Å². The molecule has 1 unspecified atom stereocenters. The summed E-state index contributed by atoms with van der Waals surface area (Å²) >= 11 is 0. The molecular weight excluding hydrogens is 376 g/mol. The molecule has 1 aliphatic heterocycles. The Labute approximate surface area is 176 Å². The van der Waals surface area contributed by atoms with Crippen LogP contribution in [0, 0.1) is 11.3 Å². The minimum atomic E-state index is 0.263. The number of aromatic nitrogens is 4. The van der Waals surface area contributed by atoms with Gasteiger partial charge >= 0.3 is 0 Å². The van der Waals surface area contributed by atoms with E-state index in [-0.39, 0.29) is 6.04 Å². The Morgan fingerprint density at radius 3 is 2.67 bits per heavy atom. The van der Waals surface area contributed by atoms with E-state index < -0.39 is 0 Å². The zero-order chi connectivity index (χ0) is 20.9. The summed E-state index contributed by atoms with van der Waals surface area (Å²) in [5.74, 6) is 1.49. The Kier molecular flexibility index (Phi) is 5.82. The minimum Gasteiger partial charge on any atom is -0.347 e. The van der Waals surface area contributed by atoms with E-state index >= 15 is 0 Å². The van der Waals surface area contributed by atoms with Crippen molar-refractivity contribution in [1.82, 2.24) is 24.8 Å². The molecule has 1 N–H and O–H groups in total. The monoisotopic (exact) mass is 400 g/mol. The van der Waals surface area contributed by atoms with Crippen LogP contribution in [-0.2, 0) is 6.54 Å². The lowest BCUT2D eigenvalue weighted by Crippen LogP contribution is -2.24. The van der Waals surface area contributed by atoms with E-state index in [2.05, 4.69) is 31.2 Å². The Morgan fingerprint density at radius 1 is 1.13 bits per heavy atom. The van der Waals surface area contributed by atoms with Gasteiger partial charge in [0.25, 0.3) is 0 Å². The van der Waals surface area contributed by atoms with Crippen LogP contribution in [0.3, 0.4) is 0 Å². The highest BCUT2D eigenvalue weighted by atomic mass is 15.2. The van der Waals surface area contributed by atoms with Crippen LogP contribution in [0.4, 0.5) is 17.5 Å². The number of nitrogens with zero attached hydrogens (tertiary/aromatic N) is 7. The fraction of sp³-hybridized carbons (Fsp3) is 0.318. The molecular formula is C22H24N8. The number of likely N-dealkylation sites (tertiary alicyclic amines) is 1. The van der Waals surface area contributed by atoms with Gasteiger partial charge in [-0.2, -0.15) is 5.26 Å². The standard InChI is InChI=1S/C22H24N8/c1-29(2)22-25-12-16(13-26-22)15-30-10-4-6-20(30)19-5-3-7-21(28-19)27-18-9-8-17(11-23)24-14-18/h3,5,7-9,12-14,20H,4,6,10,15H2,1-2H3,(H,27,28). The van der Waals surface area contributed by atoms with Crippen LogP contribution < -0.4 is 10.2 Å². The topological polar surface area (TPSA) is 93.9 Å². The number of pyridine rings is 2. The molecule has 30 heavy (non-hydrogen) atoms. The van der Waals surface area contributed by atoms with Crippen molar-refractivity contribution < 1.29 is 0 Å². The Balaban J connectivity index is 1.47. The molecule has 1 atom stereocenters. The van der Waals surface area contributed by atoms with Gasteiger partial charge in [-0.15, -0.1) is 0 Å². The van der Waals surface area contributed by atoms with Crippen molar-refractivity contribution in [3.63, 3.8) is 0 Å². The maximum absolute atomic E-state index is 8.88. The third kappa shape index (κ3) is 4.53. The van der Waals surface area contributed by atoms with Gasteiger partial charge in [0.05, 0.1) is 23.6 Å². The van der Waals surface area contributed by atoms with Crippen LogP contribution in [0.25, 0.3) is 0 Å². The maximum Gasteiger partial charge on any atom is 0.224 e. The Morgan fingerprint density at radius 2 is 1.97 bits per heavy atom. The number of nitriles is 1. The molecule has 0 aromatic carbocycles. The second-order valence-corrected chi connectivity index (χ2v) is 7.53. The van der Waals surface area contributed by atoms with Crippen LogP contribution in [-0.4, -0.2) is 45.5 Å². The van der Waals surface area contributed by atoms with Gasteiger partial charge in [-0.05, 0) is 43.7 Å². The summed E-state index contributed by atoms with van der Waals surface area (Å²) in [5, 5.41) is 12.2. The highest BCUT2D eigenvalue weighted by Crippen LogP contribution is 2.32. The Hall–Kier alpha value is -3.57. The quantitative estimate of drug-likeness (QED) is 0.674. The van der Waals surface area contributed by atoms with E-state index in [1.807, 2.05) is 55.7 Å². The first-order valence-corrected chi connectivity index (χ1v) is 9.95. The molecule has 8 heteroatoms. The molecule has 4 rings (SSSR count). The van der Waals surface area contributed by atoms with Crippen LogP contribution >= 0.6 is 0 Å². The van der Waals surface area contributed by atoms with Gasteiger partial charge in [0.15, 0.2) is 0 Å². The van der Waals surface area contributed by atoms with Crippen molar-refractivity contribution in [2.45, 2.75) is 25.4 Å². The molecule has 8 nitrogen and oxygen atoms in total. The fourth-order valence-electron chi connectivity index (χ4n) is 3.63. The molecule has 4 heterocycles. The normalized spacial score (nSPS) is 16.2. The molecule has 0 spiro atoms. The highest BCUT2D eigenvalue weighted by molar-refractivity contribution is 5.55. The second-order valence-electron chi connectivity index (χ2n) is 7.53. The van der Waals surface area contributed by atoms with Crippen molar-refractivity contribution in [3.8, 4) is 6.07 Å². The molecule has 152 valence electrons. The number of hydrogen-bond acceptors (Lipinski definition) is 8. The molecule has 0 bridgehead atoms. The van der Waals surface area contributed by atoms with Crippen molar-refractivity contribution >= 4 is 17.5 Å². The zero-order valence-electron chi connectivity index (χ0n) is 17.2. The number of hydrogen-bond donors (Lipinski definition) is 1. The van der Waals surface area contributed by atoms with Crippen molar-refractivity contribution in [3.05, 3.63) is 65.9 Å². The third-order valence-electron chi connectivity index (χ3n) is 5.10. The lowest BCUT2D eigenvalue weighted by atomic mass is 10.1. The van der Waals surface area contributed by atoms with E-state index in [9.17, 15) is 0 Å². The molecule has 0 saturated carbocycles. The summed E-state index contributed by atoms with van der Waals surface area (Å²) in [6.07, 6.45) is 7.67. The number of rotatable bonds is 6. The summed E-state index contributed by atoms with van der Waals surface area (Å²) in [5.41, 5.74) is 3.35. The molecule has 0 amide bonds. The molecule has 0 aliphatic carbocycles. The lowest BCUT2D eigenvalue weighted by Gasteiger charge is -2.24. The minimum absolute atomic E-state index is 0.263. The van der Waals surface area contributed by atoms with Crippen LogP contribution in [0.5, 0.6) is 0 Å². The number of nitrogens with one attached hydrogen (secondary N) is 1. The van der Waals surface area contributed by atoms with Gasteiger partial charge in [-0.25, -0.2) is 19.9 Å². The average molecular weight is 400 g/mol. The van der Waals surface area contributed by atoms with Gasteiger partial charge in [0.1, 0.15) is 17.6 Å². The highest BCUT2D eigenvalue weighted by Gasteiger charge is 2.27. The molecule has 3 aromatic heterocycles. The predicted molar refractivity (Wildman–Crippen MR) is 115 cm³/mol. The van der Waals surface area contributed by atoms with Crippen molar-refractivity contribution in [2.24, 2.45) is 0 Å². The van der Waals surface area contributed by atoms with E-state index in [1.54, 1.807) is 12.3 Å². The largest absolute Gasteiger partial charge is 0.347 e. The Bertz CT molecular complexity index is 1020. The summed E-state index contributed by atoms with van der Waals surface area (Å²) < 4.78 is 0. The first kappa shape index (κ1) is 19.7. The first-order valence-electron chi connectivity index (χ1n) is 9.95. The van der Waals surface area contributed by atoms with Crippen molar-refractivity contribution in [1.29, 1.82) is 5.26 Å². The third-order valence-corrected chi connectivity index (χ3v) is 5.10. The van der Waals surface area contributed by atoms with E-state index in [0.717, 1.165) is 54.6 Å². The first-order chi connectivity index (χ1) is 14.6. The average Bonchev–Trinajstić information content (AvgIpc) is 3.23. The summed E-state index contributed by atoms with van der Waals surface area (Å²) in [7, 11) is 3.87. The molecule has 1 aliphatic rings. The lowest BCUT2D eigenvalue weighted by molar-refractivity contribution is 0.244. The van der Waals surface area contributed by atoms with Gasteiger partial charge in [0.2, 0.25) is 5.95 Å². The fourth-order valence-corrected chi connectivity index (χ4v) is 3.63. The zero-order valence-corrected chi connectivity index (χ0v) is 17.2. The van der Waals surface area contributed by atoms with Crippen LogP contribution in [0.1, 0.15) is 35.8 Å². The SMILES string of the molecule is CN(C)c1ncc(CN2CCCC2c2cccc(Nc3ccc(C#N)nc3)n2)cn1. The van der Waals surface area contributed by atoms with E-state index in [4.69, 9.17) is 10.2 Å². The second kappa shape index (κ2) is 8.84. The van der Waals surface area contributed by atoms with E-state index in [0.29, 0.717) is 5.69 Å². The molecule has 1 saturated heterocycles. The number of anilines is 3. The summed E-state index contributed by atoms with van der Waals surface area (Å²) in [4.78, 5) is 22.1. The van der Waals surface area contributed by atoms with Gasteiger partial charge < -0.3 is 10.2 Å². The van der Waals surface area contributed by atoms with E-state index in [1.165, 1.54) is 0 Å². The maximum atomic E-state index is 8.88. The molecule has 1 fully saturated rings. The van der Waals surface area contributed by atoms with Crippen molar-refractivity contribution in [2.75, 3.05) is 30.9 Å². The smallest absolute Gasteiger partial charge is 0.224 e. The molecule has 3 aromatic rings. The van der Waals surface area contributed by atoms with Gasteiger partial charge in [-0.1, -0.05) is 6.07 Å². The predicted octanol–water partition coefficient (Wildman–Crippen LogP) is 3.28. The van der Waals surface area contributed by atoms with Gasteiger partial charge in [-0.3, -0.25) is 4.90 Å². The van der Waals surface area contributed by atoms with Crippen LogP contribution in [0.2, 0.25) is 0 Å². The van der Waals surface area contributed by atoms with Gasteiger partial charge in [0, 0.05) is 38.6 Å². The molecule has 0 radical (unpaired) electrons.